The van der Waals surface area contributed by atoms with Gasteiger partial charge < -0.3 is 14.8 Å². The summed E-state index contributed by atoms with van der Waals surface area (Å²) in [6.45, 7) is 4.48. The summed E-state index contributed by atoms with van der Waals surface area (Å²) in [6.07, 6.45) is 0.745. The van der Waals surface area contributed by atoms with Crippen molar-refractivity contribution in [3.05, 3.63) is 58.1 Å². The van der Waals surface area contributed by atoms with Crippen LogP contribution in [0.5, 0.6) is 11.5 Å². The van der Waals surface area contributed by atoms with Crippen molar-refractivity contribution in [2.45, 2.75) is 32.4 Å². The van der Waals surface area contributed by atoms with E-state index in [0.717, 1.165) is 22.2 Å². The number of hydrogen-bond donors (Lipinski definition) is 1. The summed E-state index contributed by atoms with van der Waals surface area (Å²) in [5.74, 6) is 1.28. The van der Waals surface area contributed by atoms with Crippen molar-refractivity contribution in [2.24, 2.45) is 0 Å². The maximum Gasteiger partial charge on any atom is 0.255 e. The highest BCUT2D eigenvalue weighted by atomic mass is 79.9. The second kappa shape index (κ2) is 7.26. The summed E-state index contributed by atoms with van der Waals surface area (Å²) in [5.41, 5.74) is 1.55. The lowest BCUT2D eigenvalue weighted by molar-refractivity contribution is 0.0919. The van der Waals surface area contributed by atoms with Crippen molar-refractivity contribution in [3.63, 3.8) is 0 Å². The highest BCUT2D eigenvalue weighted by Crippen LogP contribution is 2.32. The van der Waals surface area contributed by atoms with Crippen LogP contribution in [-0.2, 0) is 0 Å². The Bertz CT molecular complexity index is 745. The number of fused-ring (bicyclic) bond motifs is 1. The molecule has 0 aliphatic carbocycles. The molecule has 1 heterocycles. The molecule has 2 aromatic carbocycles. The number of rotatable bonds is 4. The van der Waals surface area contributed by atoms with Crippen LogP contribution in [0.3, 0.4) is 0 Å². The topological polar surface area (TPSA) is 47.6 Å². The summed E-state index contributed by atoms with van der Waals surface area (Å²) >= 11 is 3.43. The minimum Gasteiger partial charge on any atom is -0.493 e. The Morgan fingerprint density at radius 3 is 2.88 bits per heavy atom. The van der Waals surface area contributed by atoms with Gasteiger partial charge in [0.2, 0.25) is 0 Å². The van der Waals surface area contributed by atoms with E-state index in [9.17, 15) is 4.79 Å². The zero-order valence-corrected chi connectivity index (χ0v) is 15.3. The molecule has 1 amide bonds. The van der Waals surface area contributed by atoms with Crippen molar-refractivity contribution < 1.29 is 14.3 Å². The molecule has 0 saturated heterocycles. The minimum atomic E-state index is -0.139. The lowest BCUT2D eigenvalue weighted by atomic mass is 10.00. The normalized spacial score (nSPS) is 16.2. The average molecular weight is 390 g/mol. The fourth-order valence-electron chi connectivity index (χ4n) is 2.76. The van der Waals surface area contributed by atoms with Gasteiger partial charge in [0.25, 0.3) is 5.91 Å². The summed E-state index contributed by atoms with van der Waals surface area (Å²) in [4.78, 5) is 12.8. The molecule has 24 heavy (non-hydrogen) atoms. The van der Waals surface area contributed by atoms with Gasteiger partial charge in [-0.25, -0.2) is 0 Å². The molecule has 1 aliphatic heterocycles. The molecule has 1 N–H and O–H groups in total. The monoisotopic (exact) mass is 389 g/mol. The van der Waals surface area contributed by atoms with Gasteiger partial charge in [0.15, 0.2) is 0 Å². The Labute approximate surface area is 150 Å². The lowest BCUT2D eigenvalue weighted by Gasteiger charge is -2.27. The van der Waals surface area contributed by atoms with E-state index < -0.39 is 0 Å². The van der Waals surface area contributed by atoms with Gasteiger partial charge >= 0.3 is 0 Å². The molecule has 1 atom stereocenters. The highest BCUT2D eigenvalue weighted by molar-refractivity contribution is 9.10. The summed E-state index contributed by atoms with van der Waals surface area (Å²) in [7, 11) is 0. The first-order valence-corrected chi connectivity index (χ1v) is 8.82. The van der Waals surface area contributed by atoms with E-state index in [-0.39, 0.29) is 18.1 Å². The van der Waals surface area contributed by atoms with Gasteiger partial charge in [0, 0.05) is 16.5 Å². The molecular weight excluding hydrogens is 370 g/mol. The first-order chi connectivity index (χ1) is 11.5. The molecule has 0 saturated carbocycles. The van der Waals surface area contributed by atoms with Crippen LogP contribution in [0.4, 0.5) is 0 Å². The molecule has 3 rings (SSSR count). The van der Waals surface area contributed by atoms with Gasteiger partial charge in [-0.15, -0.1) is 0 Å². The van der Waals surface area contributed by atoms with Gasteiger partial charge in [-0.1, -0.05) is 34.1 Å². The van der Waals surface area contributed by atoms with Gasteiger partial charge in [-0.05, 0) is 38.1 Å². The highest BCUT2D eigenvalue weighted by Gasteiger charge is 2.24. The first kappa shape index (κ1) is 16.8. The van der Waals surface area contributed by atoms with E-state index in [1.54, 1.807) is 6.07 Å². The van der Waals surface area contributed by atoms with Crippen molar-refractivity contribution in [1.29, 1.82) is 0 Å². The van der Waals surface area contributed by atoms with Gasteiger partial charge in [0.05, 0.1) is 24.3 Å². The lowest BCUT2D eigenvalue weighted by Crippen LogP contribution is -2.32. The number of benzene rings is 2. The van der Waals surface area contributed by atoms with Crippen molar-refractivity contribution >= 4 is 21.8 Å². The third-order valence-electron chi connectivity index (χ3n) is 3.81. The molecule has 4 nitrogen and oxygen atoms in total. The van der Waals surface area contributed by atoms with Crippen molar-refractivity contribution in [3.8, 4) is 11.5 Å². The largest absolute Gasteiger partial charge is 0.493 e. The minimum absolute atomic E-state index is 0.00495. The number of amides is 1. The van der Waals surface area contributed by atoms with Crippen LogP contribution >= 0.6 is 15.9 Å². The molecule has 0 aromatic heterocycles. The first-order valence-electron chi connectivity index (χ1n) is 8.03. The SMILES string of the molecule is CC(C)Oc1cc(Br)ccc1C(=O)NC1CCOc2ccccc21. The zero-order valence-electron chi connectivity index (χ0n) is 13.7. The Balaban J connectivity index is 1.84. The number of carbonyl (C=O) groups excluding carboxylic acids is 1. The number of carbonyl (C=O) groups is 1. The van der Waals surface area contributed by atoms with E-state index in [1.807, 2.05) is 50.2 Å². The molecule has 0 radical (unpaired) electrons. The molecule has 0 bridgehead atoms. The van der Waals surface area contributed by atoms with E-state index >= 15 is 0 Å². The zero-order chi connectivity index (χ0) is 17.1. The molecule has 5 heteroatoms. The average Bonchev–Trinajstić information content (AvgIpc) is 2.54. The standard InChI is InChI=1S/C19H20BrNO3/c1-12(2)24-18-11-13(20)7-8-15(18)19(22)21-16-9-10-23-17-6-4-3-5-14(16)17/h3-8,11-12,16H,9-10H2,1-2H3,(H,21,22). The summed E-state index contributed by atoms with van der Waals surface area (Å²) < 4.78 is 12.3. The maximum absolute atomic E-state index is 12.8. The fourth-order valence-corrected chi connectivity index (χ4v) is 3.10. The van der Waals surface area contributed by atoms with Crippen LogP contribution in [0.15, 0.2) is 46.9 Å². The van der Waals surface area contributed by atoms with E-state index in [0.29, 0.717) is 17.9 Å². The predicted octanol–water partition coefficient (Wildman–Crippen LogP) is 4.49. The molecule has 1 unspecified atom stereocenters. The van der Waals surface area contributed by atoms with Crippen LogP contribution in [0.1, 0.15) is 42.2 Å². The Morgan fingerprint density at radius 2 is 2.08 bits per heavy atom. The number of para-hydroxylation sites is 1. The third kappa shape index (κ3) is 3.73. The van der Waals surface area contributed by atoms with E-state index in [1.165, 1.54) is 0 Å². The summed E-state index contributed by atoms with van der Waals surface area (Å²) in [5, 5.41) is 3.11. The third-order valence-corrected chi connectivity index (χ3v) is 4.31. The quantitative estimate of drug-likeness (QED) is 0.837. The second-order valence-corrected chi connectivity index (χ2v) is 6.92. The number of ether oxygens (including phenoxy) is 2. The Morgan fingerprint density at radius 1 is 1.29 bits per heavy atom. The van der Waals surface area contributed by atoms with Crippen LogP contribution in [0.25, 0.3) is 0 Å². The number of halogens is 1. The van der Waals surface area contributed by atoms with Gasteiger partial charge in [-0.3, -0.25) is 4.79 Å². The molecule has 0 spiro atoms. The fraction of sp³-hybridized carbons (Fsp3) is 0.316. The second-order valence-electron chi connectivity index (χ2n) is 6.01. The molecule has 126 valence electrons. The molecular formula is C19H20BrNO3. The van der Waals surface area contributed by atoms with Crippen LogP contribution in [-0.4, -0.2) is 18.6 Å². The van der Waals surface area contributed by atoms with Crippen LogP contribution < -0.4 is 14.8 Å². The number of nitrogens with one attached hydrogen (secondary N) is 1. The molecule has 2 aromatic rings. The van der Waals surface area contributed by atoms with Crippen LogP contribution in [0, 0.1) is 0 Å². The maximum atomic E-state index is 12.8. The molecule has 1 aliphatic rings. The van der Waals surface area contributed by atoms with Gasteiger partial charge in [-0.2, -0.15) is 0 Å². The predicted molar refractivity (Wildman–Crippen MR) is 96.7 cm³/mol. The van der Waals surface area contributed by atoms with E-state index in [4.69, 9.17) is 9.47 Å². The smallest absolute Gasteiger partial charge is 0.255 e. The van der Waals surface area contributed by atoms with Gasteiger partial charge in [0.1, 0.15) is 11.5 Å². The van der Waals surface area contributed by atoms with Crippen LogP contribution in [0.2, 0.25) is 0 Å². The van der Waals surface area contributed by atoms with E-state index in [2.05, 4.69) is 21.2 Å². The molecule has 0 fully saturated rings. The van der Waals surface area contributed by atoms with Crippen molar-refractivity contribution in [2.75, 3.05) is 6.61 Å². The Kier molecular flexibility index (Phi) is 5.09. The number of hydrogen-bond acceptors (Lipinski definition) is 3. The summed E-state index contributed by atoms with van der Waals surface area (Å²) in [6, 6.07) is 13.2. The Hall–Kier alpha value is -2.01. The van der Waals surface area contributed by atoms with Crippen molar-refractivity contribution in [1.82, 2.24) is 5.32 Å².